The summed E-state index contributed by atoms with van der Waals surface area (Å²) in [7, 11) is 0. The highest BCUT2D eigenvalue weighted by Crippen LogP contribution is 2.17. The summed E-state index contributed by atoms with van der Waals surface area (Å²) in [4.78, 5) is 0. The van der Waals surface area contributed by atoms with Crippen molar-refractivity contribution in [3.05, 3.63) is 47.0 Å². The van der Waals surface area contributed by atoms with Crippen molar-refractivity contribution in [2.45, 2.75) is 27.3 Å². The normalized spacial score (nSPS) is 10.9. The van der Waals surface area contributed by atoms with Gasteiger partial charge in [0.2, 0.25) is 0 Å². The summed E-state index contributed by atoms with van der Waals surface area (Å²) in [5, 5.41) is 7.47. The molecule has 0 spiro atoms. The summed E-state index contributed by atoms with van der Waals surface area (Å²) in [5.41, 5.74) is 3.27. The van der Waals surface area contributed by atoms with Crippen LogP contribution in [0.3, 0.4) is 0 Å². The van der Waals surface area contributed by atoms with E-state index in [4.69, 9.17) is 0 Å². The molecule has 96 valence electrons. The van der Waals surface area contributed by atoms with Crippen LogP contribution in [0.2, 0.25) is 0 Å². The first-order valence-corrected chi connectivity index (χ1v) is 6.14. The van der Waals surface area contributed by atoms with E-state index >= 15 is 0 Å². The Morgan fingerprint density at radius 3 is 2.61 bits per heavy atom. The third-order valence-electron chi connectivity index (χ3n) is 2.83. The lowest BCUT2D eigenvalue weighted by molar-refractivity contribution is 0.603. The average molecular weight is 247 g/mol. The molecule has 0 fully saturated rings. The Hall–Kier alpha value is -1.68. The lowest BCUT2D eigenvalue weighted by Crippen LogP contribution is -2.12. The third-order valence-corrected chi connectivity index (χ3v) is 2.83. The van der Waals surface area contributed by atoms with Gasteiger partial charge in [0.15, 0.2) is 0 Å². The van der Waals surface area contributed by atoms with Crippen LogP contribution in [0.5, 0.6) is 0 Å². The molecule has 1 aromatic carbocycles. The lowest BCUT2D eigenvalue weighted by atomic mass is 10.2. The van der Waals surface area contributed by atoms with Crippen LogP contribution in [0.15, 0.2) is 24.3 Å². The zero-order chi connectivity index (χ0) is 13.1. The SMILES string of the molecule is CCNCc1ccc(-n2nc(C)cc2C)c(F)c1. The highest BCUT2D eigenvalue weighted by Gasteiger charge is 2.09. The van der Waals surface area contributed by atoms with Crippen LogP contribution in [-0.4, -0.2) is 16.3 Å². The zero-order valence-electron chi connectivity index (χ0n) is 11.0. The quantitative estimate of drug-likeness (QED) is 0.900. The van der Waals surface area contributed by atoms with E-state index in [1.54, 1.807) is 16.8 Å². The summed E-state index contributed by atoms with van der Waals surface area (Å²) in [6, 6.07) is 7.21. The van der Waals surface area contributed by atoms with Crippen LogP contribution in [0.4, 0.5) is 4.39 Å². The fraction of sp³-hybridized carbons (Fsp3) is 0.357. The Bertz CT molecular complexity index is 546. The van der Waals surface area contributed by atoms with Gasteiger partial charge in [0.25, 0.3) is 0 Å². The minimum atomic E-state index is -0.239. The van der Waals surface area contributed by atoms with E-state index in [1.165, 1.54) is 0 Å². The van der Waals surface area contributed by atoms with E-state index in [0.29, 0.717) is 12.2 Å². The Labute approximate surface area is 107 Å². The van der Waals surface area contributed by atoms with E-state index in [1.807, 2.05) is 32.9 Å². The highest BCUT2D eigenvalue weighted by molar-refractivity contribution is 5.37. The predicted octanol–water partition coefficient (Wildman–Crippen LogP) is 2.74. The molecular weight excluding hydrogens is 229 g/mol. The average Bonchev–Trinajstić information content (AvgIpc) is 2.66. The number of rotatable bonds is 4. The van der Waals surface area contributed by atoms with Gasteiger partial charge in [-0.2, -0.15) is 5.10 Å². The predicted molar refractivity (Wildman–Crippen MR) is 70.4 cm³/mol. The van der Waals surface area contributed by atoms with Crippen LogP contribution in [0, 0.1) is 19.7 Å². The van der Waals surface area contributed by atoms with Crippen LogP contribution in [-0.2, 0) is 6.54 Å². The number of hydrogen-bond acceptors (Lipinski definition) is 2. The van der Waals surface area contributed by atoms with Gasteiger partial charge in [-0.3, -0.25) is 0 Å². The number of benzene rings is 1. The monoisotopic (exact) mass is 247 g/mol. The summed E-state index contributed by atoms with van der Waals surface area (Å²) in [6.07, 6.45) is 0. The van der Waals surface area contributed by atoms with Crippen molar-refractivity contribution in [1.29, 1.82) is 0 Å². The Kier molecular flexibility index (Phi) is 3.77. The van der Waals surface area contributed by atoms with E-state index < -0.39 is 0 Å². The molecule has 0 atom stereocenters. The first-order valence-electron chi connectivity index (χ1n) is 6.14. The molecule has 4 heteroatoms. The van der Waals surface area contributed by atoms with Gasteiger partial charge in [0.05, 0.1) is 5.69 Å². The first-order chi connectivity index (χ1) is 8.61. The van der Waals surface area contributed by atoms with E-state index in [2.05, 4.69) is 10.4 Å². The molecule has 0 saturated carbocycles. The maximum atomic E-state index is 14.1. The second-order valence-electron chi connectivity index (χ2n) is 4.40. The summed E-state index contributed by atoms with van der Waals surface area (Å²) >= 11 is 0. The minimum absolute atomic E-state index is 0.239. The van der Waals surface area contributed by atoms with E-state index in [0.717, 1.165) is 23.5 Å². The van der Waals surface area contributed by atoms with Crippen molar-refractivity contribution in [3.8, 4) is 5.69 Å². The van der Waals surface area contributed by atoms with Gasteiger partial charge in [0, 0.05) is 12.2 Å². The number of aryl methyl sites for hydroxylation is 2. The van der Waals surface area contributed by atoms with Crippen LogP contribution in [0.25, 0.3) is 5.69 Å². The molecule has 1 aromatic heterocycles. The van der Waals surface area contributed by atoms with Crippen molar-refractivity contribution < 1.29 is 4.39 Å². The fourth-order valence-electron chi connectivity index (χ4n) is 1.97. The molecule has 3 nitrogen and oxygen atoms in total. The van der Waals surface area contributed by atoms with Gasteiger partial charge in [0.1, 0.15) is 11.5 Å². The van der Waals surface area contributed by atoms with Gasteiger partial charge in [-0.15, -0.1) is 0 Å². The third kappa shape index (κ3) is 2.59. The fourth-order valence-corrected chi connectivity index (χ4v) is 1.97. The molecule has 0 saturated heterocycles. The summed E-state index contributed by atoms with van der Waals surface area (Å²) in [5.74, 6) is -0.239. The number of nitrogens with zero attached hydrogens (tertiary/aromatic N) is 2. The topological polar surface area (TPSA) is 29.9 Å². The Morgan fingerprint density at radius 1 is 1.28 bits per heavy atom. The number of nitrogens with one attached hydrogen (secondary N) is 1. The lowest BCUT2D eigenvalue weighted by Gasteiger charge is -2.08. The Morgan fingerprint density at radius 2 is 2.06 bits per heavy atom. The first kappa shape index (κ1) is 12.8. The molecule has 2 aromatic rings. The molecule has 0 bridgehead atoms. The summed E-state index contributed by atoms with van der Waals surface area (Å²) < 4.78 is 15.7. The number of halogens is 1. The van der Waals surface area contributed by atoms with Crippen molar-refractivity contribution in [2.24, 2.45) is 0 Å². The standard InChI is InChI=1S/C14H18FN3/c1-4-16-9-12-5-6-14(13(15)8-12)18-11(3)7-10(2)17-18/h5-8,16H,4,9H2,1-3H3. The van der Waals surface area contributed by atoms with Crippen LogP contribution in [0.1, 0.15) is 23.9 Å². The number of hydrogen-bond donors (Lipinski definition) is 1. The maximum absolute atomic E-state index is 14.1. The molecule has 1 heterocycles. The molecule has 0 aliphatic carbocycles. The molecule has 0 radical (unpaired) electrons. The van der Waals surface area contributed by atoms with Crippen LogP contribution < -0.4 is 5.32 Å². The van der Waals surface area contributed by atoms with Crippen molar-refractivity contribution in [3.63, 3.8) is 0 Å². The van der Waals surface area contributed by atoms with Gasteiger partial charge in [-0.05, 0) is 44.2 Å². The van der Waals surface area contributed by atoms with Gasteiger partial charge < -0.3 is 5.32 Å². The van der Waals surface area contributed by atoms with Gasteiger partial charge >= 0.3 is 0 Å². The number of aromatic nitrogens is 2. The second kappa shape index (κ2) is 5.31. The molecule has 0 aliphatic rings. The Balaban J connectivity index is 2.32. The van der Waals surface area contributed by atoms with Crippen molar-refractivity contribution >= 4 is 0 Å². The summed E-state index contributed by atoms with van der Waals surface area (Å²) in [6.45, 7) is 7.42. The van der Waals surface area contributed by atoms with Gasteiger partial charge in [-0.1, -0.05) is 13.0 Å². The molecule has 2 rings (SSSR count). The largest absolute Gasteiger partial charge is 0.313 e. The second-order valence-corrected chi connectivity index (χ2v) is 4.40. The molecule has 1 N–H and O–H groups in total. The highest BCUT2D eigenvalue weighted by atomic mass is 19.1. The van der Waals surface area contributed by atoms with Crippen molar-refractivity contribution in [1.82, 2.24) is 15.1 Å². The van der Waals surface area contributed by atoms with Crippen molar-refractivity contribution in [2.75, 3.05) is 6.54 Å². The smallest absolute Gasteiger partial charge is 0.149 e. The van der Waals surface area contributed by atoms with Gasteiger partial charge in [-0.25, -0.2) is 9.07 Å². The zero-order valence-corrected chi connectivity index (χ0v) is 11.0. The molecule has 0 unspecified atom stereocenters. The van der Waals surface area contributed by atoms with Crippen LogP contribution >= 0.6 is 0 Å². The minimum Gasteiger partial charge on any atom is -0.313 e. The molecule has 0 amide bonds. The molecular formula is C14H18FN3. The van der Waals surface area contributed by atoms with E-state index in [-0.39, 0.29) is 5.82 Å². The maximum Gasteiger partial charge on any atom is 0.149 e. The molecule has 18 heavy (non-hydrogen) atoms. The van der Waals surface area contributed by atoms with E-state index in [9.17, 15) is 4.39 Å². The molecule has 0 aliphatic heterocycles.